The SMILES string of the molecule is CCCCNC(=O)c1ccccc1Nc1ccc(F)cc1. The van der Waals surface area contributed by atoms with Crippen LogP contribution in [-0.2, 0) is 0 Å². The van der Waals surface area contributed by atoms with E-state index in [9.17, 15) is 9.18 Å². The van der Waals surface area contributed by atoms with Crippen molar-refractivity contribution < 1.29 is 9.18 Å². The lowest BCUT2D eigenvalue weighted by Crippen LogP contribution is -2.25. The van der Waals surface area contributed by atoms with Crippen LogP contribution in [0, 0.1) is 5.82 Å². The number of hydrogen-bond acceptors (Lipinski definition) is 2. The minimum Gasteiger partial charge on any atom is -0.355 e. The zero-order valence-electron chi connectivity index (χ0n) is 12.0. The molecule has 3 nitrogen and oxygen atoms in total. The van der Waals surface area contributed by atoms with Crippen molar-refractivity contribution in [2.75, 3.05) is 11.9 Å². The number of hydrogen-bond donors (Lipinski definition) is 2. The van der Waals surface area contributed by atoms with Crippen LogP contribution in [0.3, 0.4) is 0 Å². The molecule has 2 N–H and O–H groups in total. The first-order valence-corrected chi connectivity index (χ1v) is 7.10. The summed E-state index contributed by atoms with van der Waals surface area (Å²) in [7, 11) is 0. The molecule has 0 fully saturated rings. The van der Waals surface area contributed by atoms with E-state index >= 15 is 0 Å². The summed E-state index contributed by atoms with van der Waals surface area (Å²) in [6.45, 7) is 2.75. The Bertz CT molecular complexity index is 596. The van der Waals surface area contributed by atoms with E-state index in [4.69, 9.17) is 0 Å². The number of amides is 1. The second kappa shape index (κ2) is 7.43. The van der Waals surface area contributed by atoms with E-state index in [1.54, 1.807) is 18.2 Å². The van der Waals surface area contributed by atoms with Crippen LogP contribution in [0.1, 0.15) is 30.1 Å². The summed E-state index contributed by atoms with van der Waals surface area (Å²) < 4.78 is 12.9. The van der Waals surface area contributed by atoms with E-state index in [0.717, 1.165) is 18.5 Å². The summed E-state index contributed by atoms with van der Waals surface area (Å²) in [5.74, 6) is -0.389. The van der Waals surface area contributed by atoms with Gasteiger partial charge in [0.15, 0.2) is 0 Å². The quantitative estimate of drug-likeness (QED) is 0.785. The number of anilines is 2. The van der Waals surface area contributed by atoms with Gasteiger partial charge in [-0.2, -0.15) is 0 Å². The highest BCUT2D eigenvalue weighted by atomic mass is 19.1. The average molecular weight is 286 g/mol. The van der Waals surface area contributed by atoms with Crippen LogP contribution in [0.15, 0.2) is 48.5 Å². The average Bonchev–Trinajstić information content (AvgIpc) is 2.50. The molecule has 0 aliphatic rings. The minimum absolute atomic E-state index is 0.103. The summed E-state index contributed by atoms with van der Waals surface area (Å²) in [5.41, 5.74) is 2.03. The Hall–Kier alpha value is -2.36. The zero-order chi connectivity index (χ0) is 15.1. The molecule has 2 aromatic carbocycles. The van der Waals surface area contributed by atoms with Crippen LogP contribution in [0.4, 0.5) is 15.8 Å². The molecule has 4 heteroatoms. The van der Waals surface area contributed by atoms with Crippen LogP contribution in [0.2, 0.25) is 0 Å². The molecule has 110 valence electrons. The molecule has 0 unspecified atom stereocenters. The van der Waals surface area contributed by atoms with Crippen molar-refractivity contribution in [3.63, 3.8) is 0 Å². The number of unbranched alkanes of at least 4 members (excludes halogenated alkanes) is 1. The highest BCUT2D eigenvalue weighted by Gasteiger charge is 2.10. The molecule has 1 amide bonds. The fourth-order valence-corrected chi connectivity index (χ4v) is 1.95. The van der Waals surface area contributed by atoms with E-state index < -0.39 is 0 Å². The molecule has 2 aromatic rings. The second-order valence-electron chi connectivity index (χ2n) is 4.79. The van der Waals surface area contributed by atoms with Gasteiger partial charge in [-0.05, 0) is 42.8 Å². The number of carbonyl (C=O) groups excluding carboxylic acids is 1. The molecule has 21 heavy (non-hydrogen) atoms. The van der Waals surface area contributed by atoms with Crippen molar-refractivity contribution in [2.24, 2.45) is 0 Å². The van der Waals surface area contributed by atoms with Crippen LogP contribution in [0.5, 0.6) is 0 Å². The predicted octanol–water partition coefficient (Wildman–Crippen LogP) is 4.10. The molecule has 0 atom stereocenters. The number of nitrogens with one attached hydrogen (secondary N) is 2. The lowest BCUT2D eigenvalue weighted by Gasteiger charge is -2.12. The smallest absolute Gasteiger partial charge is 0.253 e. The lowest BCUT2D eigenvalue weighted by molar-refractivity contribution is 0.0954. The van der Waals surface area contributed by atoms with Crippen molar-refractivity contribution in [1.82, 2.24) is 5.32 Å². The Balaban J connectivity index is 2.12. The van der Waals surface area contributed by atoms with Crippen molar-refractivity contribution in [2.45, 2.75) is 19.8 Å². The lowest BCUT2D eigenvalue weighted by atomic mass is 10.1. The van der Waals surface area contributed by atoms with E-state index in [1.165, 1.54) is 12.1 Å². The summed E-state index contributed by atoms with van der Waals surface area (Å²) >= 11 is 0. The van der Waals surface area contributed by atoms with Crippen LogP contribution in [-0.4, -0.2) is 12.5 Å². The molecular weight excluding hydrogens is 267 g/mol. The summed E-state index contributed by atoms with van der Waals surface area (Å²) in [6.07, 6.45) is 2.00. The number of carbonyl (C=O) groups is 1. The highest BCUT2D eigenvalue weighted by molar-refractivity contribution is 6.00. The van der Waals surface area contributed by atoms with E-state index in [1.807, 2.05) is 18.2 Å². The van der Waals surface area contributed by atoms with Crippen LogP contribution in [0.25, 0.3) is 0 Å². The predicted molar refractivity (Wildman–Crippen MR) is 83.4 cm³/mol. The molecule has 0 bridgehead atoms. The van der Waals surface area contributed by atoms with Gasteiger partial charge in [0.1, 0.15) is 5.82 Å². The van der Waals surface area contributed by atoms with E-state index in [-0.39, 0.29) is 11.7 Å². The molecule has 0 saturated heterocycles. The number of halogens is 1. The fourth-order valence-electron chi connectivity index (χ4n) is 1.95. The molecular formula is C17H19FN2O. The Morgan fingerprint density at radius 1 is 1.10 bits per heavy atom. The molecule has 0 spiro atoms. The molecule has 0 aromatic heterocycles. The third-order valence-corrected chi connectivity index (χ3v) is 3.11. The largest absolute Gasteiger partial charge is 0.355 e. The van der Waals surface area contributed by atoms with Gasteiger partial charge in [0.05, 0.1) is 11.3 Å². The van der Waals surface area contributed by atoms with E-state index in [2.05, 4.69) is 17.6 Å². The van der Waals surface area contributed by atoms with Crippen molar-refractivity contribution in [3.05, 3.63) is 59.9 Å². The van der Waals surface area contributed by atoms with E-state index in [0.29, 0.717) is 17.8 Å². The summed E-state index contributed by atoms with van der Waals surface area (Å²) in [5, 5.41) is 6.04. The third kappa shape index (κ3) is 4.31. The molecule has 0 aliphatic heterocycles. The Labute approximate surface area is 124 Å². The molecule has 2 rings (SSSR count). The molecule has 0 radical (unpaired) electrons. The van der Waals surface area contributed by atoms with Gasteiger partial charge in [0, 0.05) is 12.2 Å². The normalized spacial score (nSPS) is 10.2. The maximum atomic E-state index is 12.9. The Morgan fingerprint density at radius 2 is 1.81 bits per heavy atom. The summed E-state index contributed by atoms with van der Waals surface area (Å²) in [4.78, 5) is 12.2. The standard InChI is InChI=1S/C17H19FN2O/c1-2-3-12-19-17(21)15-6-4-5-7-16(15)20-14-10-8-13(18)9-11-14/h4-11,20H,2-3,12H2,1H3,(H,19,21). The van der Waals surface area contributed by atoms with Crippen LogP contribution >= 0.6 is 0 Å². The van der Waals surface area contributed by atoms with Crippen LogP contribution < -0.4 is 10.6 Å². The zero-order valence-corrected chi connectivity index (χ0v) is 12.0. The molecule has 0 saturated carbocycles. The van der Waals surface area contributed by atoms with Gasteiger partial charge in [0.2, 0.25) is 0 Å². The van der Waals surface area contributed by atoms with Gasteiger partial charge in [-0.25, -0.2) is 4.39 Å². The minimum atomic E-state index is -0.286. The van der Waals surface area contributed by atoms with Gasteiger partial charge in [-0.1, -0.05) is 25.5 Å². The Morgan fingerprint density at radius 3 is 2.52 bits per heavy atom. The van der Waals surface area contributed by atoms with Gasteiger partial charge < -0.3 is 10.6 Å². The van der Waals surface area contributed by atoms with Crippen molar-refractivity contribution >= 4 is 17.3 Å². The first-order valence-electron chi connectivity index (χ1n) is 7.10. The van der Waals surface area contributed by atoms with Crippen molar-refractivity contribution in [1.29, 1.82) is 0 Å². The second-order valence-corrected chi connectivity index (χ2v) is 4.79. The van der Waals surface area contributed by atoms with Gasteiger partial charge >= 0.3 is 0 Å². The molecule has 0 heterocycles. The monoisotopic (exact) mass is 286 g/mol. The first-order chi connectivity index (χ1) is 10.2. The Kier molecular flexibility index (Phi) is 5.32. The van der Waals surface area contributed by atoms with Gasteiger partial charge in [0.25, 0.3) is 5.91 Å². The number of rotatable bonds is 6. The third-order valence-electron chi connectivity index (χ3n) is 3.11. The molecule has 0 aliphatic carbocycles. The summed E-state index contributed by atoms with van der Waals surface area (Å²) in [6, 6.07) is 13.3. The highest BCUT2D eigenvalue weighted by Crippen LogP contribution is 2.21. The fraction of sp³-hybridized carbons (Fsp3) is 0.235. The van der Waals surface area contributed by atoms with Gasteiger partial charge in [-0.3, -0.25) is 4.79 Å². The number of benzene rings is 2. The maximum absolute atomic E-state index is 12.9. The topological polar surface area (TPSA) is 41.1 Å². The number of para-hydroxylation sites is 1. The maximum Gasteiger partial charge on any atom is 0.253 e. The first kappa shape index (κ1) is 15.0. The van der Waals surface area contributed by atoms with Gasteiger partial charge in [-0.15, -0.1) is 0 Å². The van der Waals surface area contributed by atoms with Crippen molar-refractivity contribution in [3.8, 4) is 0 Å².